The summed E-state index contributed by atoms with van der Waals surface area (Å²) in [5.74, 6) is 0.239. The Bertz CT molecular complexity index is 396. The first kappa shape index (κ1) is 9.28. The lowest BCUT2D eigenvalue weighted by Crippen LogP contribution is -1.93. The van der Waals surface area contributed by atoms with Crippen molar-refractivity contribution in [3.8, 4) is 0 Å². The van der Waals surface area contributed by atoms with Crippen LogP contribution in [0.4, 0.5) is 0 Å². The molecule has 2 rings (SSSR count). The maximum atomic E-state index is 11.2. The van der Waals surface area contributed by atoms with E-state index in [1.165, 1.54) is 0 Å². The van der Waals surface area contributed by atoms with Gasteiger partial charge in [-0.2, -0.15) is 0 Å². The van der Waals surface area contributed by atoms with Crippen LogP contribution in [0.5, 0.6) is 0 Å². The number of esters is 1. The van der Waals surface area contributed by atoms with Crippen molar-refractivity contribution in [3.63, 3.8) is 0 Å². The van der Waals surface area contributed by atoms with E-state index in [9.17, 15) is 4.79 Å². The van der Waals surface area contributed by atoms with E-state index in [1.54, 1.807) is 0 Å². The Labute approximate surface area is 87.1 Å². The van der Waals surface area contributed by atoms with E-state index in [1.807, 2.05) is 30.4 Å². The molecule has 1 aliphatic heterocycles. The fraction of sp³-hybridized carbons (Fsp3) is 0.182. The molecule has 0 unspecified atom stereocenters. The van der Waals surface area contributed by atoms with Crippen LogP contribution >= 0.6 is 11.6 Å². The minimum absolute atomic E-state index is 0.235. The maximum Gasteiger partial charge on any atom is 0.338 e. The third kappa shape index (κ3) is 1.66. The Morgan fingerprint density at radius 2 is 2.36 bits per heavy atom. The van der Waals surface area contributed by atoms with Crippen LogP contribution < -0.4 is 0 Å². The molecule has 0 aromatic heterocycles. The van der Waals surface area contributed by atoms with Crippen LogP contribution in [-0.4, -0.2) is 11.8 Å². The lowest BCUT2D eigenvalue weighted by Gasteiger charge is -1.96. The third-order valence-electron chi connectivity index (χ3n) is 2.11. The predicted octanol–water partition coefficient (Wildman–Crippen LogP) is 2.61. The van der Waals surface area contributed by atoms with Gasteiger partial charge in [-0.1, -0.05) is 24.3 Å². The van der Waals surface area contributed by atoms with Crippen LogP contribution in [-0.2, 0) is 11.3 Å². The van der Waals surface area contributed by atoms with Crippen molar-refractivity contribution >= 4 is 23.6 Å². The molecule has 0 bridgehead atoms. The Balaban J connectivity index is 2.35. The van der Waals surface area contributed by atoms with Gasteiger partial charge in [-0.15, -0.1) is 11.6 Å². The van der Waals surface area contributed by atoms with Crippen molar-refractivity contribution < 1.29 is 9.53 Å². The summed E-state index contributed by atoms with van der Waals surface area (Å²) < 4.78 is 4.89. The number of hydrogen-bond acceptors (Lipinski definition) is 2. The number of ether oxygens (including phenoxy) is 1. The van der Waals surface area contributed by atoms with Gasteiger partial charge in [0.15, 0.2) is 0 Å². The summed E-state index contributed by atoms with van der Waals surface area (Å²) in [5.41, 5.74) is 2.60. The molecule has 0 atom stereocenters. The molecule has 72 valence electrons. The fourth-order valence-corrected chi connectivity index (χ4v) is 1.50. The molecule has 3 heteroatoms. The molecule has 0 radical (unpaired) electrons. The maximum absolute atomic E-state index is 11.2. The highest BCUT2D eigenvalue weighted by molar-refractivity contribution is 6.19. The normalized spacial score (nSPS) is 14.5. The monoisotopic (exact) mass is 208 g/mol. The molecule has 0 fully saturated rings. The number of halogens is 1. The van der Waals surface area contributed by atoms with Crippen LogP contribution in [0.3, 0.4) is 0 Å². The molecule has 0 amide bonds. The minimum atomic E-state index is -0.235. The van der Waals surface area contributed by atoms with Crippen LogP contribution in [0.15, 0.2) is 24.3 Å². The summed E-state index contributed by atoms with van der Waals surface area (Å²) in [4.78, 5) is 11.2. The summed E-state index contributed by atoms with van der Waals surface area (Å²) in [5, 5.41) is 0. The highest BCUT2D eigenvalue weighted by Gasteiger charge is 2.20. The first-order valence-corrected chi connectivity index (χ1v) is 4.87. The molecule has 2 nitrogen and oxygen atoms in total. The molecule has 0 saturated carbocycles. The van der Waals surface area contributed by atoms with Crippen LogP contribution in [0.25, 0.3) is 6.08 Å². The molecule has 0 saturated heterocycles. The van der Waals surface area contributed by atoms with Gasteiger partial charge in [0.2, 0.25) is 0 Å². The van der Waals surface area contributed by atoms with Crippen molar-refractivity contribution in [2.24, 2.45) is 0 Å². The molecule has 0 spiro atoms. The van der Waals surface area contributed by atoms with Gasteiger partial charge in [0.25, 0.3) is 0 Å². The predicted molar refractivity (Wildman–Crippen MR) is 55.3 cm³/mol. The number of cyclic esters (lactones) is 1. The number of hydrogen-bond donors (Lipinski definition) is 0. The zero-order valence-electron chi connectivity index (χ0n) is 7.50. The lowest BCUT2D eigenvalue weighted by atomic mass is 10.1. The van der Waals surface area contributed by atoms with Crippen LogP contribution in [0.2, 0.25) is 0 Å². The Hall–Kier alpha value is -1.28. The van der Waals surface area contributed by atoms with Crippen LogP contribution in [0.1, 0.15) is 21.5 Å². The van der Waals surface area contributed by atoms with Gasteiger partial charge in [-0.05, 0) is 11.6 Å². The van der Waals surface area contributed by atoms with E-state index in [0.717, 1.165) is 11.1 Å². The quantitative estimate of drug-likeness (QED) is 0.552. The van der Waals surface area contributed by atoms with Gasteiger partial charge >= 0.3 is 5.97 Å². The van der Waals surface area contributed by atoms with E-state index in [4.69, 9.17) is 16.3 Å². The second-order valence-corrected chi connectivity index (χ2v) is 3.36. The fourth-order valence-electron chi connectivity index (χ4n) is 1.42. The van der Waals surface area contributed by atoms with Crippen molar-refractivity contribution in [1.82, 2.24) is 0 Å². The molecule has 0 N–H and O–H groups in total. The Morgan fingerprint density at radius 1 is 1.50 bits per heavy atom. The zero-order valence-corrected chi connectivity index (χ0v) is 8.25. The number of carbonyl (C=O) groups is 1. The summed E-state index contributed by atoms with van der Waals surface area (Å²) in [6, 6.07) is 5.69. The number of fused-ring (bicyclic) bond motifs is 1. The van der Waals surface area contributed by atoms with Gasteiger partial charge in [-0.25, -0.2) is 4.79 Å². The highest BCUT2D eigenvalue weighted by atomic mass is 35.5. The summed E-state index contributed by atoms with van der Waals surface area (Å²) in [6.45, 7) is 0.396. The molecular formula is C11H9ClO2. The van der Waals surface area contributed by atoms with Crippen molar-refractivity contribution in [1.29, 1.82) is 0 Å². The van der Waals surface area contributed by atoms with Crippen molar-refractivity contribution in [2.75, 3.05) is 5.88 Å². The molecule has 1 aliphatic rings. The zero-order chi connectivity index (χ0) is 9.97. The van der Waals surface area contributed by atoms with Gasteiger partial charge in [-0.3, -0.25) is 0 Å². The summed E-state index contributed by atoms with van der Waals surface area (Å²) in [7, 11) is 0. The first-order valence-electron chi connectivity index (χ1n) is 4.34. The average Bonchev–Trinajstić information content (AvgIpc) is 2.57. The molecule has 0 aliphatic carbocycles. The largest absolute Gasteiger partial charge is 0.457 e. The van der Waals surface area contributed by atoms with Gasteiger partial charge in [0.05, 0.1) is 5.56 Å². The number of rotatable bonds is 2. The highest BCUT2D eigenvalue weighted by Crippen LogP contribution is 2.21. The van der Waals surface area contributed by atoms with E-state index in [2.05, 4.69) is 0 Å². The van der Waals surface area contributed by atoms with Gasteiger partial charge in [0.1, 0.15) is 6.61 Å². The summed E-state index contributed by atoms with van der Waals surface area (Å²) >= 11 is 5.52. The van der Waals surface area contributed by atoms with Gasteiger partial charge in [0, 0.05) is 11.4 Å². The van der Waals surface area contributed by atoms with E-state index in [0.29, 0.717) is 18.1 Å². The third-order valence-corrected chi connectivity index (χ3v) is 2.29. The number of allylic oxidation sites excluding steroid dienone is 1. The molecular weight excluding hydrogens is 200 g/mol. The minimum Gasteiger partial charge on any atom is -0.457 e. The molecule has 14 heavy (non-hydrogen) atoms. The Morgan fingerprint density at radius 3 is 3.14 bits per heavy atom. The van der Waals surface area contributed by atoms with E-state index >= 15 is 0 Å². The number of carbonyl (C=O) groups excluding carboxylic acids is 1. The second kappa shape index (κ2) is 3.84. The summed E-state index contributed by atoms with van der Waals surface area (Å²) in [6.07, 6.45) is 3.72. The number of alkyl halides is 1. The lowest BCUT2D eigenvalue weighted by molar-refractivity contribution is 0.0535. The smallest absolute Gasteiger partial charge is 0.338 e. The topological polar surface area (TPSA) is 26.3 Å². The Kier molecular flexibility index (Phi) is 2.55. The van der Waals surface area contributed by atoms with Crippen LogP contribution in [0, 0.1) is 0 Å². The van der Waals surface area contributed by atoms with Crippen molar-refractivity contribution in [2.45, 2.75) is 6.61 Å². The van der Waals surface area contributed by atoms with Crippen molar-refractivity contribution in [3.05, 3.63) is 41.0 Å². The second-order valence-electron chi connectivity index (χ2n) is 3.05. The first-order chi connectivity index (χ1) is 6.81. The average molecular weight is 209 g/mol. The molecule has 1 aromatic rings. The molecule has 1 heterocycles. The standard InChI is InChI=1S/C11H9ClO2/c12-5-1-2-8-3-4-9-7-14-11(13)10(9)6-8/h1-4,6H,5,7H2. The number of benzene rings is 1. The molecule has 1 aromatic carbocycles. The van der Waals surface area contributed by atoms with E-state index in [-0.39, 0.29) is 5.97 Å². The van der Waals surface area contributed by atoms with Gasteiger partial charge < -0.3 is 4.74 Å². The van der Waals surface area contributed by atoms with E-state index < -0.39 is 0 Å². The SMILES string of the molecule is O=C1OCc2ccc(C=CCCl)cc21.